The Morgan fingerprint density at radius 2 is 0.738 bits per heavy atom. The molecule has 65 heavy (non-hydrogen) atoms. The summed E-state index contributed by atoms with van der Waals surface area (Å²) in [7, 11) is 2.12. The molecule has 0 aromatic heterocycles. The Morgan fingerprint density at radius 3 is 1.12 bits per heavy atom. The predicted molar refractivity (Wildman–Crippen MR) is 283 cm³/mol. The number of hydrogen-bond donors (Lipinski definition) is 1. The lowest BCUT2D eigenvalue weighted by Gasteiger charge is -2.27. The van der Waals surface area contributed by atoms with Crippen molar-refractivity contribution in [2.24, 2.45) is 0 Å². The number of aldehydes is 1. The number of unbranched alkanes of at least 4 members (excludes halogenated alkanes) is 27. The Kier molecular flexibility index (Phi) is 57.2. The summed E-state index contributed by atoms with van der Waals surface area (Å²) in [4.78, 5) is 43.1. The van der Waals surface area contributed by atoms with Crippen LogP contribution in [0.15, 0.2) is 0 Å². The van der Waals surface area contributed by atoms with Gasteiger partial charge in [0, 0.05) is 32.6 Å². The number of carbonyl (C=O) groups is 3. The Labute approximate surface area is 406 Å². The van der Waals surface area contributed by atoms with Crippen LogP contribution in [-0.2, 0) is 19.1 Å². The summed E-state index contributed by atoms with van der Waals surface area (Å²) in [6.07, 6.45) is 46.3. The topological polar surface area (TPSA) is 85.4 Å². The van der Waals surface area contributed by atoms with Crippen LogP contribution in [0, 0.1) is 0 Å². The van der Waals surface area contributed by atoms with Gasteiger partial charge < -0.3 is 29.5 Å². The highest BCUT2D eigenvalue weighted by molar-refractivity contribution is 5.69. The van der Waals surface area contributed by atoms with Gasteiger partial charge in [-0.15, -0.1) is 0 Å². The Morgan fingerprint density at radius 1 is 0.400 bits per heavy atom. The molecule has 0 aromatic carbocycles. The lowest BCUT2D eigenvalue weighted by atomic mass is 10.1. The molecule has 0 bridgehead atoms. The van der Waals surface area contributed by atoms with E-state index in [1.54, 1.807) is 0 Å². The number of nitrogens with zero attached hydrogens (tertiary/aromatic N) is 4. The normalized spacial score (nSPS) is 11.5. The first-order valence-corrected chi connectivity index (χ1v) is 28.5. The quantitative estimate of drug-likeness (QED) is 0.0367. The van der Waals surface area contributed by atoms with Crippen molar-refractivity contribution in [2.75, 3.05) is 92.2 Å². The van der Waals surface area contributed by atoms with Gasteiger partial charge in [-0.25, -0.2) is 0 Å². The molecule has 0 unspecified atom stereocenters. The minimum absolute atomic E-state index is 0.0597. The predicted octanol–water partition coefficient (Wildman–Crippen LogP) is 13.7. The van der Waals surface area contributed by atoms with Gasteiger partial charge in [-0.1, -0.05) is 195 Å². The number of likely N-dealkylation sites (N-methyl/N-ethyl adjacent to an activating group) is 1. The van der Waals surface area contributed by atoms with Gasteiger partial charge in [-0.3, -0.25) is 14.5 Å². The smallest absolute Gasteiger partial charge is 0.305 e. The van der Waals surface area contributed by atoms with Crippen LogP contribution in [0.2, 0.25) is 0 Å². The van der Waals surface area contributed by atoms with Gasteiger partial charge >= 0.3 is 5.97 Å². The molecular formula is C56H115N5O4. The monoisotopic (exact) mass is 922 g/mol. The highest BCUT2D eigenvalue weighted by atomic mass is 16.5. The fraction of sp³-hybridized carbons (Fsp3) is 0.946. The van der Waals surface area contributed by atoms with Crippen LogP contribution in [0.4, 0.5) is 0 Å². The van der Waals surface area contributed by atoms with E-state index < -0.39 is 0 Å². The fourth-order valence-electron chi connectivity index (χ4n) is 8.71. The molecule has 9 heteroatoms. The van der Waals surface area contributed by atoms with Crippen LogP contribution in [0.1, 0.15) is 253 Å². The number of esters is 1. The summed E-state index contributed by atoms with van der Waals surface area (Å²) in [5.74, 6) is -0.0597. The van der Waals surface area contributed by atoms with Crippen molar-refractivity contribution in [3.8, 4) is 0 Å². The molecule has 0 saturated carbocycles. The van der Waals surface area contributed by atoms with E-state index in [1.807, 2.05) is 6.92 Å². The van der Waals surface area contributed by atoms with Gasteiger partial charge in [0.15, 0.2) is 0 Å². The van der Waals surface area contributed by atoms with E-state index in [-0.39, 0.29) is 5.97 Å². The van der Waals surface area contributed by atoms with Gasteiger partial charge in [0.1, 0.15) is 6.29 Å². The first-order valence-electron chi connectivity index (χ1n) is 28.5. The van der Waals surface area contributed by atoms with Gasteiger partial charge in [-0.05, 0) is 105 Å². The zero-order valence-corrected chi connectivity index (χ0v) is 44.8. The minimum atomic E-state index is -0.0597. The molecule has 388 valence electrons. The van der Waals surface area contributed by atoms with E-state index >= 15 is 0 Å². The summed E-state index contributed by atoms with van der Waals surface area (Å²) in [6, 6.07) is 0. The molecule has 0 heterocycles. The maximum atomic E-state index is 11.4. The third-order valence-corrected chi connectivity index (χ3v) is 13.0. The number of nitrogens with one attached hydrogen (secondary N) is 1. The van der Waals surface area contributed by atoms with Crippen LogP contribution < -0.4 is 5.32 Å². The summed E-state index contributed by atoms with van der Waals surface area (Å²) in [5, 5.41) is 2.73. The molecule has 0 aromatic rings. The van der Waals surface area contributed by atoms with E-state index in [2.05, 4.69) is 59.7 Å². The first kappa shape index (κ1) is 65.5. The molecule has 0 radical (unpaired) electrons. The molecule has 0 atom stereocenters. The van der Waals surface area contributed by atoms with Crippen molar-refractivity contribution in [2.45, 2.75) is 253 Å². The highest BCUT2D eigenvalue weighted by Crippen LogP contribution is 2.13. The molecule has 1 N–H and O–H groups in total. The molecule has 0 saturated heterocycles. The summed E-state index contributed by atoms with van der Waals surface area (Å²) in [6.45, 7) is 24.0. The van der Waals surface area contributed by atoms with E-state index in [4.69, 9.17) is 4.74 Å². The maximum Gasteiger partial charge on any atom is 0.305 e. The Balaban J connectivity index is 0. The zero-order valence-electron chi connectivity index (χ0n) is 44.8. The second-order valence-electron chi connectivity index (χ2n) is 19.3. The zero-order chi connectivity index (χ0) is 47.9. The summed E-state index contributed by atoms with van der Waals surface area (Å²) in [5.41, 5.74) is 0. The van der Waals surface area contributed by atoms with Crippen LogP contribution in [0.5, 0.6) is 0 Å². The van der Waals surface area contributed by atoms with Crippen molar-refractivity contribution >= 4 is 18.7 Å². The summed E-state index contributed by atoms with van der Waals surface area (Å²) < 4.78 is 4.99. The second-order valence-corrected chi connectivity index (χ2v) is 19.3. The molecule has 0 aliphatic heterocycles. The van der Waals surface area contributed by atoms with E-state index in [1.165, 1.54) is 212 Å². The van der Waals surface area contributed by atoms with E-state index in [0.717, 1.165) is 77.8 Å². The molecular weight excluding hydrogens is 807 g/mol. The van der Waals surface area contributed by atoms with Crippen molar-refractivity contribution in [3.05, 3.63) is 0 Å². The van der Waals surface area contributed by atoms with E-state index in [0.29, 0.717) is 26.1 Å². The lowest BCUT2D eigenvalue weighted by molar-refractivity contribution is -0.143. The maximum absolute atomic E-state index is 11.4. The van der Waals surface area contributed by atoms with Crippen LogP contribution >= 0.6 is 0 Å². The largest absolute Gasteiger partial charge is 0.466 e. The number of rotatable bonds is 53. The number of ether oxygens (including phenoxy) is 1. The van der Waals surface area contributed by atoms with Crippen LogP contribution in [-0.4, -0.2) is 130 Å². The molecule has 0 aliphatic carbocycles. The van der Waals surface area contributed by atoms with Crippen LogP contribution in [0.25, 0.3) is 0 Å². The third kappa shape index (κ3) is 53.3. The fourth-order valence-corrected chi connectivity index (χ4v) is 8.71. The molecule has 9 nitrogen and oxygen atoms in total. The van der Waals surface area contributed by atoms with Crippen molar-refractivity contribution < 1.29 is 19.1 Å². The van der Waals surface area contributed by atoms with Gasteiger partial charge in [0.25, 0.3) is 0 Å². The second kappa shape index (κ2) is 56.8. The Bertz CT molecular complexity index is 924. The van der Waals surface area contributed by atoms with E-state index in [9.17, 15) is 14.4 Å². The van der Waals surface area contributed by atoms with Gasteiger partial charge in [0.2, 0.25) is 6.41 Å². The van der Waals surface area contributed by atoms with Gasteiger partial charge in [0.05, 0.1) is 13.2 Å². The minimum Gasteiger partial charge on any atom is -0.466 e. The first-order chi connectivity index (χ1) is 31.9. The molecule has 0 rings (SSSR count). The lowest BCUT2D eigenvalue weighted by Crippen LogP contribution is -2.37. The van der Waals surface area contributed by atoms with Crippen molar-refractivity contribution in [3.63, 3.8) is 0 Å². The molecule has 0 spiro atoms. The third-order valence-electron chi connectivity index (χ3n) is 13.0. The van der Waals surface area contributed by atoms with Crippen molar-refractivity contribution in [1.29, 1.82) is 0 Å². The number of amides is 1. The number of hydrogen-bond acceptors (Lipinski definition) is 8. The molecule has 0 fully saturated rings. The average molecular weight is 923 g/mol. The number of carbonyl (C=O) groups excluding carboxylic acids is 3. The summed E-state index contributed by atoms with van der Waals surface area (Å²) >= 11 is 0. The molecule has 0 aliphatic rings. The Hall–Kier alpha value is -1.55. The average Bonchev–Trinajstić information content (AvgIpc) is 3.30. The standard InChI is InChI=1S/C31H64N2O.C25H51N3O3/c1-4-7-10-13-16-19-22-25-32(26-23-20-17-14-11-8-5-2)28-29-33(30-31-34)27-24-21-18-15-12-9-6-3;1-4-6-7-8-9-11-14-20-28(22-16-19-27(3)23-18-26-24-29)21-15-12-10-13-17-25(30)31-5-2/h31H,4-30H2,1-3H3;24H,4-23H2,1-3H3,(H,26,29). The highest BCUT2D eigenvalue weighted by Gasteiger charge is 2.11. The van der Waals surface area contributed by atoms with Crippen LogP contribution in [0.3, 0.4) is 0 Å². The van der Waals surface area contributed by atoms with Crippen molar-refractivity contribution in [1.82, 2.24) is 24.9 Å². The van der Waals surface area contributed by atoms with Gasteiger partial charge in [-0.2, -0.15) is 0 Å². The SMILES string of the molecule is CCCCCCCCCN(CC=O)CCN(CCCCCCCCC)CCCCCCCCC.CCCCCCCCCN(CCCCCCC(=O)OCC)CCCN(C)CCNC=O. The molecule has 1 amide bonds.